The Morgan fingerprint density at radius 1 is 1.29 bits per heavy atom. The molecule has 2 N–H and O–H groups in total. The molecule has 5 heteroatoms. The van der Waals surface area contributed by atoms with Crippen LogP contribution in [0.15, 0.2) is 41.4 Å². The number of nitrogens with zero attached hydrogens (tertiary/aromatic N) is 1. The summed E-state index contributed by atoms with van der Waals surface area (Å²) in [6, 6.07) is 8.66. The van der Waals surface area contributed by atoms with E-state index in [0.29, 0.717) is 18.5 Å². The van der Waals surface area contributed by atoms with Crippen LogP contribution in [0.3, 0.4) is 0 Å². The van der Waals surface area contributed by atoms with Gasteiger partial charge >= 0.3 is 0 Å². The molecule has 1 aromatic carbocycles. The number of guanidine groups is 1. The molecule has 0 aromatic heterocycles. The third-order valence-electron chi connectivity index (χ3n) is 3.59. The number of nitrogens with one attached hydrogen (secondary N) is 2. The minimum atomic E-state index is 0. The summed E-state index contributed by atoms with van der Waals surface area (Å²) in [6.07, 6.45) is 6.58. The highest BCUT2D eigenvalue weighted by Gasteiger charge is 2.11. The molecule has 0 atom stereocenters. The topological polar surface area (TPSA) is 45.7 Å². The number of halogens is 1. The number of rotatable bonds is 7. The third kappa shape index (κ3) is 7.55. The Labute approximate surface area is 163 Å². The highest BCUT2D eigenvalue weighted by molar-refractivity contribution is 14.0. The van der Waals surface area contributed by atoms with Crippen LogP contribution in [-0.2, 0) is 6.54 Å². The number of ether oxygens (including phenoxy) is 1. The normalized spacial score (nSPS) is 14.6. The van der Waals surface area contributed by atoms with Crippen molar-refractivity contribution in [2.24, 2.45) is 10.9 Å². The number of benzene rings is 1. The van der Waals surface area contributed by atoms with Crippen LogP contribution in [0.1, 0.15) is 39.2 Å². The molecule has 0 amide bonds. The van der Waals surface area contributed by atoms with E-state index < -0.39 is 0 Å². The molecular weight excluding hydrogens is 413 g/mol. The Morgan fingerprint density at radius 2 is 2.04 bits per heavy atom. The molecule has 0 fully saturated rings. The fourth-order valence-corrected chi connectivity index (χ4v) is 2.42. The minimum absolute atomic E-state index is 0. The van der Waals surface area contributed by atoms with Crippen molar-refractivity contribution in [3.05, 3.63) is 42.0 Å². The van der Waals surface area contributed by atoms with Crippen molar-refractivity contribution >= 4 is 29.9 Å². The quantitative estimate of drug-likeness (QED) is 0.289. The van der Waals surface area contributed by atoms with Gasteiger partial charge in [0, 0.05) is 12.6 Å². The summed E-state index contributed by atoms with van der Waals surface area (Å²) in [5, 5.41) is 6.80. The second kappa shape index (κ2) is 11.3. The number of hydrogen-bond donors (Lipinski definition) is 2. The van der Waals surface area contributed by atoms with Crippen molar-refractivity contribution in [2.45, 2.75) is 46.2 Å². The lowest BCUT2D eigenvalue weighted by molar-refractivity contribution is 0.271. The molecule has 24 heavy (non-hydrogen) atoms. The van der Waals surface area contributed by atoms with E-state index in [1.807, 2.05) is 12.1 Å². The van der Waals surface area contributed by atoms with Crippen molar-refractivity contribution in [3.8, 4) is 5.75 Å². The van der Waals surface area contributed by atoms with Crippen LogP contribution in [0.2, 0.25) is 0 Å². The molecule has 0 saturated carbocycles. The van der Waals surface area contributed by atoms with Crippen LogP contribution in [-0.4, -0.2) is 25.2 Å². The smallest absolute Gasteiger partial charge is 0.191 e. The lowest BCUT2D eigenvalue weighted by atomic mass is 10.2. The molecule has 0 saturated heterocycles. The predicted molar refractivity (Wildman–Crippen MR) is 112 cm³/mol. The van der Waals surface area contributed by atoms with Crippen molar-refractivity contribution < 1.29 is 4.74 Å². The van der Waals surface area contributed by atoms with Crippen molar-refractivity contribution in [1.29, 1.82) is 0 Å². The molecule has 1 aliphatic rings. The molecule has 1 aromatic rings. The monoisotopic (exact) mass is 443 g/mol. The van der Waals surface area contributed by atoms with Gasteiger partial charge in [0.05, 0.1) is 13.2 Å². The van der Waals surface area contributed by atoms with Crippen LogP contribution in [0.5, 0.6) is 5.75 Å². The van der Waals surface area contributed by atoms with Crippen LogP contribution >= 0.6 is 24.0 Å². The zero-order valence-electron chi connectivity index (χ0n) is 14.9. The lowest BCUT2D eigenvalue weighted by Gasteiger charge is -2.16. The molecule has 2 rings (SSSR count). The standard InChI is InChI=1S/C19H29N3O.HI/c1-4-20-19(22-17-9-5-6-10-17)21-13-16-8-7-11-18(12-16)23-14-15(2)3;/h5-8,11-12,15,17H,4,9-10,13-14H2,1-3H3,(H2,20,21,22);1H. The number of aliphatic imine (C=N–C) groups is 1. The van der Waals surface area contributed by atoms with Gasteiger partial charge in [-0.25, -0.2) is 4.99 Å². The van der Waals surface area contributed by atoms with Crippen molar-refractivity contribution in [1.82, 2.24) is 10.6 Å². The third-order valence-corrected chi connectivity index (χ3v) is 3.59. The maximum atomic E-state index is 5.78. The summed E-state index contributed by atoms with van der Waals surface area (Å²) in [5.41, 5.74) is 1.16. The summed E-state index contributed by atoms with van der Waals surface area (Å²) in [6.45, 7) is 8.65. The molecule has 0 bridgehead atoms. The minimum Gasteiger partial charge on any atom is -0.493 e. The highest BCUT2D eigenvalue weighted by atomic mass is 127. The van der Waals surface area contributed by atoms with Crippen molar-refractivity contribution in [3.63, 3.8) is 0 Å². The molecule has 134 valence electrons. The van der Waals surface area contributed by atoms with Crippen molar-refractivity contribution in [2.75, 3.05) is 13.2 Å². The van der Waals surface area contributed by atoms with E-state index in [1.165, 1.54) is 0 Å². The Morgan fingerprint density at radius 3 is 2.71 bits per heavy atom. The van der Waals surface area contributed by atoms with Gasteiger partial charge in [0.2, 0.25) is 0 Å². The van der Waals surface area contributed by atoms with E-state index in [-0.39, 0.29) is 24.0 Å². The highest BCUT2D eigenvalue weighted by Crippen LogP contribution is 2.15. The average molecular weight is 443 g/mol. The molecule has 1 aliphatic carbocycles. The molecule has 4 nitrogen and oxygen atoms in total. The zero-order chi connectivity index (χ0) is 16.5. The molecule has 0 unspecified atom stereocenters. The van der Waals surface area contributed by atoms with E-state index in [1.54, 1.807) is 0 Å². The van der Waals surface area contributed by atoms with Crippen LogP contribution < -0.4 is 15.4 Å². The average Bonchev–Trinajstić information content (AvgIpc) is 3.04. The second-order valence-electron chi connectivity index (χ2n) is 6.33. The summed E-state index contributed by atoms with van der Waals surface area (Å²) >= 11 is 0. The second-order valence-corrected chi connectivity index (χ2v) is 6.33. The molecule has 0 radical (unpaired) electrons. The van der Waals surface area contributed by atoms with Gasteiger partial charge in [-0.05, 0) is 43.4 Å². The van der Waals surface area contributed by atoms with Crippen LogP contribution in [0.4, 0.5) is 0 Å². The Hall–Kier alpha value is -1.24. The van der Waals surface area contributed by atoms with Gasteiger partial charge in [0.25, 0.3) is 0 Å². The summed E-state index contributed by atoms with van der Waals surface area (Å²) in [4.78, 5) is 4.69. The first-order valence-corrected chi connectivity index (χ1v) is 8.59. The Balaban J connectivity index is 0.00000288. The van der Waals surface area contributed by atoms with Crippen LogP contribution in [0.25, 0.3) is 0 Å². The molecule has 0 spiro atoms. The largest absolute Gasteiger partial charge is 0.493 e. The Kier molecular flexibility index (Phi) is 9.83. The van der Waals surface area contributed by atoms with Gasteiger partial charge < -0.3 is 15.4 Å². The van der Waals surface area contributed by atoms with Gasteiger partial charge in [-0.3, -0.25) is 0 Å². The first-order valence-electron chi connectivity index (χ1n) is 8.59. The van der Waals surface area contributed by atoms with E-state index in [9.17, 15) is 0 Å². The maximum absolute atomic E-state index is 5.78. The SMILES string of the molecule is CCNC(=NCc1cccc(OCC(C)C)c1)NC1CC=CC1.I. The molecule has 0 aliphatic heterocycles. The van der Waals surface area contributed by atoms with E-state index >= 15 is 0 Å². The first-order chi connectivity index (χ1) is 11.2. The lowest BCUT2D eigenvalue weighted by Crippen LogP contribution is -2.42. The van der Waals surface area contributed by atoms with Gasteiger partial charge in [0.1, 0.15) is 5.75 Å². The number of hydrogen-bond acceptors (Lipinski definition) is 2. The van der Waals surface area contributed by atoms with E-state index in [4.69, 9.17) is 9.73 Å². The summed E-state index contributed by atoms with van der Waals surface area (Å²) in [7, 11) is 0. The van der Waals surface area contributed by atoms with Gasteiger partial charge in [-0.1, -0.05) is 38.1 Å². The van der Waals surface area contributed by atoms with E-state index in [0.717, 1.165) is 43.3 Å². The predicted octanol–water partition coefficient (Wildman–Crippen LogP) is 4.11. The first kappa shape index (κ1) is 20.8. The fourth-order valence-electron chi connectivity index (χ4n) is 2.42. The summed E-state index contributed by atoms with van der Waals surface area (Å²) in [5.74, 6) is 2.33. The Bertz CT molecular complexity index is 535. The van der Waals surface area contributed by atoms with Gasteiger partial charge in [-0.2, -0.15) is 0 Å². The molecular formula is C19H30IN3O. The van der Waals surface area contributed by atoms with Crippen LogP contribution in [0, 0.1) is 5.92 Å². The maximum Gasteiger partial charge on any atom is 0.191 e. The summed E-state index contributed by atoms with van der Waals surface area (Å²) < 4.78 is 5.78. The fraction of sp³-hybridized carbons (Fsp3) is 0.526. The van der Waals surface area contributed by atoms with Gasteiger partial charge in [-0.15, -0.1) is 24.0 Å². The van der Waals surface area contributed by atoms with Gasteiger partial charge in [0.15, 0.2) is 5.96 Å². The zero-order valence-corrected chi connectivity index (χ0v) is 17.2. The van der Waals surface area contributed by atoms with E-state index in [2.05, 4.69) is 55.7 Å². The molecule has 0 heterocycles.